The lowest BCUT2D eigenvalue weighted by Gasteiger charge is -2.35. The zero-order valence-electron chi connectivity index (χ0n) is 14.6. The van der Waals surface area contributed by atoms with E-state index in [0.29, 0.717) is 43.3 Å². The van der Waals surface area contributed by atoms with Crippen LogP contribution in [-0.2, 0) is 4.79 Å². The molecule has 2 rings (SSSR count). The van der Waals surface area contributed by atoms with Gasteiger partial charge in [0.1, 0.15) is 0 Å². The van der Waals surface area contributed by atoms with Crippen LogP contribution in [0.3, 0.4) is 0 Å². The molecule has 24 heavy (non-hydrogen) atoms. The molecule has 1 fully saturated rings. The van der Waals surface area contributed by atoms with Crippen LogP contribution in [0.5, 0.6) is 0 Å². The Kier molecular flexibility index (Phi) is 6.24. The molecule has 0 bridgehead atoms. The fraction of sp³-hybridized carbons (Fsp3) is 0.556. The van der Waals surface area contributed by atoms with Gasteiger partial charge in [-0.1, -0.05) is 18.5 Å². The molecule has 132 valence electrons. The van der Waals surface area contributed by atoms with Crippen molar-refractivity contribution in [3.63, 3.8) is 0 Å². The molecule has 1 aromatic rings. The summed E-state index contributed by atoms with van der Waals surface area (Å²) in [5, 5.41) is 3.67. The number of piperazine rings is 1. The zero-order valence-corrected chi connectivity index (χ0v) is 15.4. The van der Waals surface area contributed by atoms with Crippen molar-refractivity contribution in [2.45, 2.75) is 32.7 Å². The molecule has 6 heteroatoms. The predicted octanol–water partition coefficient (Wildman–Crippen LogP) is 2.40. The van der Waals surface area contributed by atoms with E-state index < -0.39 is 0 Å². The smallest absolute Gasteiger partial charge is 0.253 e. The van der Waals surface area contributed by atoms with E-state index in [0.717, 1.165) is 6.42 Å². The Morgan fingerprint density at radius 1 is 1.12 bits per heavy atom. The van der Waals surface area contributed by atoms with E-state index in [1.54, 1.807) is 24.3 Å². The van der Waals surface area contributed by atoms with Crippen LogP contribution < -0.4 is 5.32 Å². The van der Waals surface area contributed by atoms with Crippen molar-refractivity contribution in [1.29, 1.82) is 0 Å². The van der Waals surface area contributed by atoms with Crippen molar-refractivity contribution in [3.8, 4) is 0 Å². The molecule has 1 aliphatic rings. The van der Waals surface area contributed by atoms with Crippen LogP contribution in [0.15, 0.2) is 24.3 Å². The van der Waals surface area contributed by atoms with Crippen LogP contribution in [0.4, 0.5) is 0 Å². The number of rotatable bonds is 5. The maximum absolute atomic E-state index is 12.5. The van der Waals surface area contributed by atoms with Gasteiger partial charge in [0.05, 0.1) is 6.54 Å². The summed E-state index contributed by atoms with van der Waals surface area (Å²) < 4.78 is 0. The summed E-state index contributed by atoms with van der Waals surface area (Å²) >= 11 is 5.86. The summed E-state index contributed by atoms with van der Waals surface area (Å²) in [6.45, 7) is 9.16. The van der Waals surface area contributed by atoms with Crippen molar-refractivity contribution >= 4 is 23.4 Å². The summed E-state index contributed by atoms with van der Waals surface area (Å²) in [5.74, 6) is 0.0576. The first kappa shape index (κ1) is 18.7. The fourth-order valence-corrected chi connectivity index (χ4v) is 2.72. The van der Waals surface area contributed by atoms with E-state index >= 15 is 0 Å². The Balaban J connectivity index is 1.82. The average molecular weight is 352 g/mol. The summed E-state index contributed by atoms with van der Waals surface area (Å²) in [7, 11) is 0. The van der Waals surface area contributed by atoms with E-state index in [2.05, 4.69) is 17.1 Å². The summed E-state index contributed by atoms with van der Waals surface area (Å²) in [6, 6.07) is 6.95. The lowest BCUT2D eigenvalue weighted by atomic mass is 10.0. The van der Waals surface area contributed by atoms with Crippen LogP contribution in [0.2, 0.25) is 5.02 Å². The molecular formula is C18H26ClN3O2. The first-order chi connectivity index (χ1) is 11.3. The highest BCUT2D eigenvalue weighted by Crippen LogP contribution is 2.13. The summed E-state index contributed by atoms with van der Waals surface area (Å²) in [6.07, 6.45) is 0.891. The average Bonchev–Trinajstić information content (AvgIpc) is 2.55. The number of nitrogens with one attached hydrogen (secondary N) is 1. The summed E-state index contributed by atoms with van der Waals surface area (Å²) in [4.78, 5) is 28.5. The van der Waals surface area contributed by atoms with Gasteiger partial charge in [-0.3, -0.25) is 14.5 Å². The minimum absolute atomic E-state index is 0.0166. The van der Waals surface area contributed by atoms with Crippen molar-refractivity contribution in [3.05, 3.63) is 34.9 Å². The lowest BCUT2D eigenvalue weighted by Crippen LogP contribution is -2.53. The highest BCUT2D eigenvalue weighted by atomic mass is 35.5. The van der Waals surface area contributed by atoms with Crippen molar-refractivity contribution in [1.82, 2.24) is 15.1 Å². The second kappa shape index (κ2) is 7.99. The SMILES string of the molecule is CCC(C)(C)NC(=O)CN1CCN(C(=O)c2ccc(Cl)cc2)CC1. The first-order valence-electron chi connectivity index (χ1n) is 8.39. The highest BCUT2D eigenvalue weighted by molar-refractivity contribution is 6.30. The molecule has 0 radical (unpaired) electrons. The third-order valence-electron chi connectivity index (χ3n) is 4.48. The molecule has 0 saturated carbocycles. The third-order valence-corrected chi connectivity index (χ3v) is 4.73. The number of carbonyl (C=O) groups is 2. The Bertz CT molecular complexity index is 578. The Morgan fingerprint density at radius 3 is 2.25 bits per heavy atom. The van der Waals surface area contributed by atoms with Gasteiger partial charge < -0.3 is 10.2 Å². The Hall–Kier alpha value is -1.59. The van der Waals surface area contributed by atoms with Crippen molar-refractivity contribution < 1.29 is 9.59 Å². The fourth-order valence-electron chi connectivity index (χ4n) is 2.59. The van der Waals surface area contributed by atoms with Crippen molar-refractivity contribution in [2.75, 3.05) is 32.7 Å². The normalized spacial score (nSPS) is 16.1. The summed E-state index contributed by atoms with van der Waals surface area (Å²) in [5.41, 5.74) is 0.471. The standard InChI is InChI=1S/C18H26ClN3O2/c1-4-18(2,3)20-16(23)13-21-9-11-22(12-10-21)17(24)14-5-7-15(19)8-6-14/h5-8H,4,9-13H2,1-3H3,(H,20,23). The molecule has 0 atom stereocenters. The number of benzene rings is 1. The second-order valence-corrected chi connectivity index (χ2v) is 7.30. The van der Waals surface area contributed by atoms with Gasteiger partial charge in [-0.15, -0.1) is 0 Å². The van der Waals surface area contributed by atoms with E-state index in [1.807, 2.05) is 18.7 Å². The molecule has 0 aliphatic carbocycles. The molecule has 0 unspecified atom stereocenters. The molecule has 1 saturated heterocycles. The number of nitrogens with zero attached hydrogens (tertiary/aromatic N) is 2. The number of halogens is 1. The number of hydrogen-bond donors (Lipinski definition) is 1. The number of carbonyl (C=O) groups excluding carboxylic acids is 2. The van der Waals surface area contributed by atoms with Gasteiger partial charge in [0.25, 0.3) is 5.91 Å². The highest BCUT2D eigenvalue weighted by Gasteiger charge is 2.25. The van der Waals surface area contributed by atoms with Crippen LogP contribution in [-0.4, -0.2) is 59.9 Å². The molecule has 1 N–H and O–H groups in total. The van der Waals surface area contributed by atoms with E-state index in [-0.39, 0.29) is 17.4 Å². The Morgan fingerprint density at radius 2 is 1.71 bits per heavy atom. The van der Waals surface area contributed by atoms with Gasteiger partial charge in [0.15, 0.2) is 0 Å². The van der Waals surface area contributed by atoms with Gasteiger partial charge in [-0.05, 0) is 44.5 Å². The second-order valence-electron chi connectivity index (χ2n) is 6.86. The molecule has 0 spiro atoms. The Labute approximate surface area is 149 Å². The number of amides is 2. The molecule has 1 aromatic carbocycles. The monoisotopic (exact) mass is 351 g/mol. The van der Waals surface area contributed by atoms with Crippen molar-refractivity contribution in [2.24, 2.45) is 0 Å². The van der Waals surface area contributed by atoms with Crippen LogP contribution in [0.25, 0.3) is 0 Å². The van der Waals surface area contributed by atoms with Gasteiger partial charge in [-0.2, -0.15) is 0 Å². The zero-order chi connectivity index (χ0) is 17.7. The molecule has 2 amide bonds. The predicted molar refractivity (Wildman–Crippen MR) is 96.3 cm³/mol. The largest absolute Gasteiger partial charge is 0.350 e. The van der Waals surface area contributed by atoms with E-state index in [9.17, 15) is 9.59 Å². The van der Waals surface area contributed by atoms with Gasteiger partial charge in [-0.25, -0.2) is 0 Å². The molecule has 5 nitrogen and oxygen atoms in total. The van der Waals surface area contributed by atoms with E-state index in [1.165, 1.54) is 0 Å². The topological polar surface area (TPSA) is 52.7 Å². The van der Waals surface area contributed by atoms with Gasteiger partial charge in [0, 0.05) is 42.3 Å². The first-order valence-corrected chi connectivity index (χ1v) is 8.77. The molecule has 0 aromatic heterocycles. The van der Waals surface area contributed by atoms with E-state index in [4.69, 9.17) is 11.6 Å². The quantitative estimate of drug-likeness (QED) is 0.886. The number of hydrogen-bond acceptors (Lipinski definition) is 3. The maximum Gasteiger partial charge on any atom is 0.253 e. The molecule has 1 aliphatic heterocycles. The molecular weight excluding hydrogens is 326 g/mol. The van der Waals surface area contributed by atoms with Gasteiger partial charge in [0.2, 0.25) is 5.91 Å². The van der Waals surface area contributed by atoms with Crippen LogP contribution in [0, 0.1) is 0 Å². The third kappa shape index (κ3) is 5.21. The minimum Gasteiger partial charge on any atom is -0.350 e. The lowest BCUT2D eigenvalue weighted by molar-refractivity contribution is -0.124. The van der Waals surface area contributed by atoms with Gasteiger partial charge >= 0.3 is 0 Å². The maximum atomic E-state index is 12.5. The molecule has 1 heterocycles. The van der Waals surface area contributed by atoms with Crippen LogP contribution in [0.1, 0.15) is 37.6 Å². The minimum atomic E-state index is -0.177. The van der Waals surface area contributed by atoms with Crippen LogP contribution >= 0.6 is 11.6 Å².